The molecule has 0 saturated heterocycles. The summed E-state index contributed by atoms with van der Waals surface area (Å²) in [5.41, 5.74) is 0.441. The molecule has 1 aromatic carbocycles. The minimum absolute atomic E-state index is 0.107. The first-order valence-electron chi connectivity index (χ1n) is 5.50. The largest absolute Gasteiger partial charge is 0.238 e. The lowest BCUT2D eigenvalue weighted by molar-refractivity contribution is 0.490. The molecule has 2 nitrogen and oxygen atoms in total. The fraction of sp³-hybridized carbons (Fsp3) is 0.308. The molecule has 0 fully saturated rings. The first kappa shape index (κ1) is 12.7. The SMILES string of the molecule is CC(C)(C)c1ccn(-c2cc(F)c(F)cc2F)n1. The number of rotatable bonds is 1. The molecule has 0 atom stereocenters. The lowest BCUT2D eigenvalue weighted by Crippen LogP contribution is -2.13. The maximum atomic E-state index is 13.6. The molecule has 0 aliphatic carbocycles. The van der Waals surface area contributed by atoms with Crippen molar-refractivity contribution in [2.45, 2.75) is 26.2 Å². The molecule has 2 aromatic rings. The molecule has 0 spiro atoms. The Morgan fingerprint density at radius 3 is 2.17 bits per heavy atom. The Bertz CT molecular complexity index is 582. The van der Waals surface area contributed by atoms with Crippen LogP contribution in [0.2, 0.25) is 0 Å². The zero-order valence-corrected chi connectivity index (χ0v) is 10.3. The zero-order valence-electron chi connectivity index (χ0n) is 10.3. The molecule has 96 valence electrons. The van der Waals surface area contributed by atoms with Gasteiger partial charge in [0, 0.05) is 23.7 Å². The topological polar surface area (TPSA) is 17.8 Å². The maximum Gasteiger partial charge on any atom is 0.161 e. The highest BCUT2D eigenvalue weighted by Crippen LogP contribution is 2.22. The van der Waals surface area contributed by atoms with E-state index in [1.54, 1.807) is 6.07 Å². The second kappa shape index (κ2) is 4.15. The summed E-state index contributed by atoms with van der Waals surface area (Å²) in [6.45, 7) is 5.88. The summed E-state index contributed by atoms with van der Waals surface area (Å²) in [6, 6.07) is 3.04. The quantitative estimate of drug-likeness (QED) is 0.711. The van der Waals surface area contributed by atoms with Gasteiger partial charge < -0.3 is 0 Å². The lowest BCUT2D eigenvalue weighted by Gasteiger charge is -2.14. The Balaban J connectivity index is 2.50. The third kappa shape index (κ3) is 2.25. The van der Waals surface area contributed by atoms with E-state index in [0.717, 1.165) is 11.8 Å². The number of halogens is 3. The average molecular weight is 254 g/mol. The van der Waals surface area contributed by atoms with Crippen LogP contribution in [0, 0.1) is 17.5 Å². The monoisotopic (exact) mass is 254 g/mol. The van der Waals surface area contributed by atoms with E-state index in [2.05, 4.69) is 5.10 Å². The van der Waals surface area contributed by atoms with Crippen LogP contribution in [0.5, 0.6) is 0 Å². The summed E-state index contributed by atoms with van der Waals surface area (Å²) in [5, 5.41) is 4.17. The second-order valence-corrected chi connectivity index (χ2v) is 5.11. The van der Waals surface area contributed by atoms with Crippen molar-refractivity contribution in [1.82, 2.24) is 9.78 Å². The summed E-state index contributed by atoms with van der Waals surface area (Å²) in [4.78, 5) is 0. The van der Waals surface area contributed by atoms with Crippen LogP contribution in [0.15, 0.2) is 24.4 Å². The van der Waals surface area contributed by atoms with Crippen molar-refractivity contribution in [3.63, 3.8) is 0 Å². The normalized spacial score (nSPS) is 11.9. The molecule has 0 amide bonds. The molecule has 0 aliphatic rings. The van der Waals surface area contributed by atoms with E-state index in [0.29, 0.717) is 6.07 Å². The van der Waals surface area contributed by atoms with Gasteiger partial charge in [-0.1, -0.05) is 20.8 Å². The van der Waals surface area contributed by atoms with Gasteiger partial charge in [0.2, 0.25) is 0 Å². The van der Waals surface area contributed by atoms with Gasteiger partial charge in [-0.25, -0.2) is 17.9 Å². The molecule has 2 rings (SSSR count). The standard InChI is InChI=1S/C13H13F3N2/c1-13(2,3)12-4-5-18(17-12)11-7-9(15)8(14)6-10(11)16/h4-7H,1-3H3. The summed E-state index contributed by atoms with van der Waals surface area (Å²) < 4.78 is 40.7. The van der Waals surface area contributed by atoms with E-state index < -0.39 is 17.5 Å². The van der Waals surface area contributed by atoms with Crippen molar-refractivity contribution < 1.29 is 13.2 Å². The first-order chi connectivity index (χ1) is 8.29. The van der Waals surface area contributed by atoms with Gasteiger partial charge in [0.15, 0.2) is 17.5 Å². The molecule has 1 heterocycles. The van der Waals surface area contributed by atoms with Gasteiger partial charge in [-0.05, 0) is 6.07 Å². The third-order valence-electron chi connectivity index (χ3n) is 2.59. The van der Waals surface area contributed by atoms with Gasteiger partial charge in [-0.15, -0.1) is 0 Å². The molecule has 0 unspecified atom stereocenters. The summed E-state index contributed by atoms with van der Waals surface area (Å²) >= 11 is 0. The van der Waals surface area contributed by atoms with Crippen LogP contribution in [0.1, 0.15) is 26.5 Å². The number of hydrogen-bond acceptors (Lipinski definition) is 1. The molecule has 0 saturated carbocycles. The molecule has 1 aromatic heterocycles. The van der Waals surface area contributed by atoms with E-state index in [9.17, 15) is 13.2 Å². The second-order valence-electron chi connectivity index (χ2n) is 5.11. The van der Waals surface area contributed by atoms with Crippen molar-refractivity contribution in [2.75, 3.05) is 0 Å². The maximum absolute atomic E-state index is 13.6. The molecule has 0 bridgehead atoms. The van der Waals surface area contributed by atoms with Gasteiger partial charge >= 0.3 is 0 Å². The van der Waals surface area contributed by atoms with Crippen molar-refractivity contribution in [3.05, 3.63) is 47.5 Å². The zero-order chi connectivity index (χ0) is 13.5. The van der Waals surface area contributed by atoms with Gasteiger partial charge in [0.25, 0.3) is 0 Å². The van der Waals surface area contributed by atoms with Gasteiger partial charge in [0.05, 0.1) is 5.69 Å². The third-order valence-corrected chi connectivity index (χ3v) is 2.59. The highest BCUT2D eigenvalue weighted by atomic mass is 19.2. The number of benzene rings is 1. The predicted octanol–water partition coefficient (Wildman–Crippen LogP) is 3.59. The van der Waals surface area contributed by atoms with Crippen LogP contribution < -0.4 is 0 Å². The van der Waals surface area contributed by atoms with Crippen LogP contribution in [0.25, 0.3) is 5.69 Å². The summed E-state index contributed by atoms with van der Waals surface area (Å²) in [6.07, 6.45) is 1.52. The minimum Gasteiger partial charge on any atom is -0.238 e. The van der Waals surface area contributed by atoms with Crippen molar-refractivity contribution >= 4 is 0 Å². The van der Waals surface area contributed by atoms with Crippen LogP contribution >= 0.6 is 0 Å². The molecule has 0 aliphatic heterocycles. The Morgan fingerprint density at radius 1 is 1.00 bits per heavy atom. The van der Waals surface area contributed by atoms with Crippen LogP contribution in [0.3, 0.4) is 0 Å². The van der Waals surface area contributed by atoms with E-state index in [1.807, 2.05) is 20.8 Å². The Morgan fingerprint density at radius 2 is 1.61 bits per heavy atom. The van der Waals surface area contributed by atoms with E-state index >= 15 is 0 Å². The van der Waals surface area contributed by atoms with Crippen LogP contribution in [-0.4, -0.2) is 9.78 Å². The smallest absolute Gasteiger partial charge is 0.161 e. The molecular formula is C13H13F3N2. The highest BCUT2D eigenvalue weighted by molar-refractivity contribution is 5.34. The van der Waals surface area contributed by atoms with Crippen molar-refractivity contribution in [2.24, 2.45) is 0 Å². The van der Waals surface area contributed by atoms with E-state index in [1.165, 1.54) is 10.9 Å². The number of nitrogens with zero attached hydrogens (tertiary/aromatic N) is 2. The molecule has 0 radical (unpaired) electrons. The predicted molar refractivity (Wildman–Crippen MR) is 62.1 cm³/mol. The fourth-order valence-corrected chi connectivity index (χ4v) is 1.55. The average Bonchev–Trinajstić information content (AvgIpc) is 2.72. The number of aromatic nitrogens is 2. The van der Waals surface area contributed by atoms with Crippen molar-refractivity contribution in [3.8, 4) is 5.69 Å². The fourth-order valence-electron chi connectivity index (χ4n) is 1.55. The summed E-state index contributed by atoms with van der Waals surface area (Å²) in [5.74, 6) is -3.16. The lowest BCUT2D eigenvalue weighted by atomic mass is 9.93. The molecule has 5 heteroatoms. The van der Waals surface area contributed by atoms with Gasteiger partial charge in [-0.3, -0.25) is 0 Å². The van der Waals surface area contributed by atoms with Gasteiger partial charge in [0.1, 0.15) is 5.69 Å². The first-order valence-corrected chi connectivity index (χ1v) is 5.50. The van der Waals surface area contributed by atoms with Crippen LogP contribution in [-0.2, 0) is 5.41 Å². The number of hydrogen-bond donors (Lipinski definition) is 0. The van der Waals surface area contributed by atoms with E-state index in [-0.39, 0.29) is 11.1 Å². The van der Waals surface area contributed by atoms with Crippen molar-refractivity contribution in [1.29, 1.82) is 0 Å². The minimum atomic E-state index is -1.21. The van der Waals surface area contributed by atoms with E-state index in [4.69, 9.17) is 0 Å². The molecule has 0 N–H and O–H groups in total. The Kier molecular flexibility index (Phi) is 2.92. The Labute approximate surface area is 103 Å². The summed E-state index contributed by atoms with van der Waals surface area (Å²) in [7, 11) is 0. The molecule has 18 heavy (non-hydrogen) atoms. The molecular weight excluding hydrogens is 241 g/mol. The Hall–Kier alpha value is -1.78. The van der Waals surface area contributed by atoms with Gasteiger partial charge in [-0.2, -0.15) is 5.10 Å². The highest BCUT2D eigenvalue weighted by Gasteiger charge is 2.18. The van der Waals surface area contributed by atoms with Crippen LogP contribution in [0.4, 0.5) is 13.2 Å².